The zero-order valence-corrected chi connectivity index (χ0v) is 16.0. The summed E-state index contributed by atoms with van der Waals surface area (Å²) >= 11 is 0. The molecule has 29 heavy (non-hydrogen) atoms. The highest BCUT2D eigenvalue weighted by Crippen LogP contribution is 2.33. The third-order valence-corrected chi connectivity index (χ3v) is 5.47. The Kier molecular flexibility index (Phi) is 6.09. The second-order valence-corrected chi connectivity index (χ2v) is 8.02. The maximum atomic E-state index is 12.6. The highest BCUT2D eigenvalue weighted by atomic mass is 32.2. The van der Waals surface area contributed by atoms with Crippen LogP contribution < -0.4 is 0 Å². The van der Waals surface area contributed by atoms with Gasteiger partial charge in [0.25, 0.3) is 0 Å². The van der Waals surface area contributed by atoms with E-state index in [1.165, 1.54) is 6.08 Å². The number of alkyl halides is 3. The maximum Gasteiger partial charge on any atom is 0.534 e. The summed E-state index contributed by atoms with van der Waals surface area (Å²) in [6.45, 7) is 0.191. The predicted molar refractivity (Wildman–Crippen MR) is 100 cm³/mol. The molecule has 0 fully saturated rings. The van der Waals surface area contributed by atoms with E-state index in [-0.39, 0.29) is 31.1 Å². The van der Waals surface area contributed by atoms with Crippen molar-refractivity contribution in [1.82, 2.24) is 4.90 Å². The van der Waals surface area contributed by atoms with Crippen LogP contribution in [0.5, 0.6) is 0 Å². The van der Waals surface area contributed by atoms with Crippen molar-refractivity contribution in [3.63, 3.8) is 0 Å². The average Bonchev–Trinajstić information content (AvgIpc) is 2.69. The summed E-state index contributed by atoms with van der Waals surface area (Å²) in [6, 6.07) is 16.8. The zero-order valence-electron chi connectivity index (χ0n) is 15.2. The van der Waals surface area contributed by atoms with Gasteiger partial charge in [-0.1, -0.05) is 60.7 Å². The third-order valence-electron chi connectivity index (χ3n) is 4.47. The Bertz CT molecular complexity index is 989. The second-order valence-electron chi connectivity index (χ2n) is 6.48. The number of nitrogens with zero attached hydrogens (tertiary/aromatic N) is 1. The summed E-state index contributed by atoms with van der Waals surface area (Å²) in [5.74, 6) is -0.438. The van der Waals surface area contributed by atoms with Crippen molar-refractivity contribution in [2.45, 2.75) is 18.0 Å². The predicted octanol–water partition coefficient (Wildman–Crippen LogP) is 4.07. The molecular formula is C20H18F3NO4S. The number of ketones is 1. The Morgan fingerprint density at radius 1 is 1.03 bits per heavy atom. The Morgan fingerprint density at radius 2 is 1.62 bits per heavy atom. The van der Waals surface area contributed by atoms with E-state index in [0.717, 1.165) is 0 Å². The number of hydrogen-bond acceptors (Lipinski definition) is 5. The molecule has 1 aliphatic rings. The van der Waals surface area contributed by atoms with E-state index >= 15 is 0 Å². The summed E-state index contributed by atoms with van der Waals surface area (Å²) in [5, 5.41) is 0. The molecule has 9 heteroatoms. The fraction of sp³-hybridized carbons (Fsp3) is 0.250. The van der Waals surface area contributed by atoms with Crippen LogP contribution >= 0.6 is 0 Å². The minimum absolute atomic E-state index is 0.0272. The summed E-state index contributed by atoms with van der Waals surface area (Å²) in [5.41, 5.74) is -4.28. The van der Waals surface area contributed by atoms with Gasteiger partial charge in [0.15, 0.2) is 5.78 Å². The van der Waals surface area contributed by atoms with Gasteiger partial charge in [0, 0.05) is 18.5 Å². The molecule has 1 atom stereocenters. The lowest BCUT2D eigenvalue weighted by Crippen LogP contribution is -2.37. The summed E-state index contributed by atoms with van der Waals surface area (Å²) in [4.78, 5) is 14.4. The van der Waals surface area contributed by atoms with Crippen molar-refractivity contribution in [3.8, 4) is 0 Å². The molecule has 0 N–H and O–H groups in total. The van der Waals surface area contributed by atoms with Gasteiger partial charge in [-0.25, -0.2) is 0 Å². The molecule has 0 saturated heterocycles. The standard InChI is InChI=1S/C20H18F3NO4S/c21-20(22,23)29(26,27)28-17-11-12-24(14-19(25)16-9-5-2-6-10-16)18(13-17)15-7-3-1-4-8-15/h1-10,13,18H,11-12,14H2. The smallest absolute Gasteiger partial charge is 0.381 e. The molecular weight excluding hydrogens is 407 g/mol. The fourth-order valence-electron chi connectivity index (χ4n) is 3.05. The van der Waals surface area contributed by atoms with Gasteiger partial charge in [-0.3, -0.25) is 9.69 Å². The largest absolute Gasteiger partial charge is 0.534 e. The van der Waals surface area contributed by atoms with Crippen LogP contribution in [-0.2, 0) is 14.3 Å². The molecule has 0 aromatic heterocycles. The Labute approximate surface area is 166 Å². The van der Waals surface area contributed by atoms with E-state index in [9.17, 15) is 26.4 Å². The molecule has 2 aromatic carbocycles. The molecule has 0 saturated carbocycles. The highest BCUT2D eigenvalue weighted by molar-refractivity contribution is 7.87. The van der Waals surface area contributed by atoms with Crippen LogP contribution in [0.4, 0.5) is 13.2 Å². The molecule has 0 bridgehead atoms. The summed E-state index contributed by atoms with van der Waals surface area (Å²) in [6.07, 6.45) is 1.25. The van der Waals surface area contributed by atoms with Crippen LogP contribution in [0.1, 0.15) is 28.4 Å². The lowest BCUT2D eigenvalue weighted by molar-refractivity contribution is -0.0525. The zero-order chi connectivity index (χ0) is 21.1. The molecule has 3 rings (SSSR count). The molecule has 1 heterocycles. The molecule has 1 unspecified atom stereocenters. The van der Waals surface area contributed by atoms with Crippen molar-refractivity contribution < 1.29 is 30.6 Å². The first-order valence-electron chi connectivity index (χ1n) is 8.76. The van der Waals surface area contributed by atoms with E-state index < -0.39 is 21.7 Å². The van der Waals surface area contributed by atoms with Gasteiger partial charge in [0.1, 0.15) is 5.76 Å². The number of Topliss-reactive ketones (excluding diaryl/α,β-unsaturated/α-hetero) is 1. The van der Waals surface area contributed by atoms with Gasteiger partial charge >= 0.3 is 15.6 Å². The number of halogens is 3. The van der Waals surface area contributed by atoms with Gasteiger partial charge in [-0.05, 0) is 11.6 Å². The minimum atomic E-state index is -5.74. The van der Waals surface area contributed by atoms with Gasteiger partial charge in [0.2, 0.25) is 0 Å². The number of carbonyl (C=O) groups excluding carboxylic acids is 1. The van der Waals surface area contributed by atoms with Gasteiger partial charge in [-0.2, -0.15) is 21.6 Å². The molecule has 2 aromatic rings. The topological polar surface area (TPSA) is 63.7 Å². The first-order chi connectivity index (χ1) is 13.7. The molecule has 1 aliphatic heterocycles. The lowest BCUT2D eigenvalue weighted by Gasteiger charge is -2.33. The summed E-state index contributed by atoms with van der Waals surface area (Å²) in [7, 11) is -5.74. The quantitative estimate of drug-likeness (QED) is 0.397. The van der Waals surface area contributed by atoms with Crippen molar-refractivity contribution in [2.75, 3.05) is 13.1 Å². The lowest BCUT2D eigenvalue weighted by atomic mass is 9.99. The number of rotatable bonds is 6. The van der Waals surface area contributed by atoms with E-state index in [1.54, 1.807) is 65.6 Å². The van der Waals surface area contributed by atoms with E-state index in [1.807, 2.05) is 0 Å². The third kappa shape index (κ3) is 5.04. The van der Waals surface area contributed by atoms with Gasteiger partial charge in [-0.15, -0.1) is 0 Å². The normalized spacial score (nSPS) is 18.2. The average molecular weight is 425 g/mol. The molecule has 0 aliphatic carbocycles. The van der Waals surface area contributed by atoms with Crippen LogP contribution in [0, 0.1) is 0 Å². The van der Waals surface area contributed by atoms with Crippen LogP contribution in [-0.4, -0.2) is 37.7 Å². The fourth-order valence-corrected chi connectivity index (χ4v) is 3.56. The Morgan fingerprint density at radius 3 is 2.21 bits per heavy atom. The number of carbonyl (C=O) groups is 1. The SMILES string of the molecule is O=C(CN1CCC(OS(=O)(=O)C(F)(F)F)=CC1c1ccccc1)c1ccccc1. The van der Waals surface area contributed by atoms with E-state index in [0.29, 0.717) is 11.1 Å². The molecule has 0 amide bonds. The Hall–Kier alpha value is -2.65. The maximum absolute atomic E-state index is 12.6. The van der Waals surface area contributed by atoms with Crippen LogP contribution in [0.15, 0.2) is 72.5 Å². The Balaban J connectivity index is 1.87. The molecule has 0 radical (unpaired) electrons. The highest BCUT2D eigenvalue weighted by Gasteiger charge is 2.49. The van der Waals surface area contributed by atoms with Gasteiger partial charge in [0.05, 0.1) is 12.6 Å². The molecule has 154 valence electrons. The monoisotopic (exact) mass is 425 g/mol. The van der Waals surface area contributed by atoms with Crippen LogP contribution in [0.25, 0.3) is 0 Å². The van der Waals surface area contributed by atoms with Crippen molar-refractivity contribution in [1.29, 1.82) is 0 Å². The molecule has 5 nitrogen and oxygen atoms in total. The van der Waals surface area contributed by atoms with Gasteiger partial charge < -0.3 is 4.18 Å². The minimum Gasteiger partial charge on any atom is -0.381 e. The number of hydrogen-bond donors (Lipinski definition) is 0. The van der Waals surface area contributed by atoms with Crippen molar-refractivity contribution in [3.05, 3.63) is 83.6 Å². The second kappa shape index (κ2) is 8.38. The van der Waals surface area contributed by atoms with E-state index in [4.69, 9.17) is 0 Å². The van der Waals surface area contributed by atoms with Crippen molar-refractivity contribution in [2.24, 2.45) is 0 Å². The first-order valence-corrected chi connectivity index (χ1v) is 10.2. The molecule has 0 spiro atoms. The first kappa shape index (κ1) is 21.1. The summed E-state index contributed by atoms with van der Waals surface area (Å²) < 4.78 is 65.0. The van der Waals surface area contributed by atoms with Crippen LogP contribution in [0.2, 0.25) is 0 Å². The van der Waals surface area contributed by atoms with Crippen LogP contribution in [0.3, 0.4) is 0 Å². The van der Waals surface area contributed by atoms with E-state index in [2.05, 4.69) is 4.18 Å². The number of benzene rings is 2. The van der Waals surface area contributed by atoms with Crippen molar-refractivity contribution >= 4 is 15.9 Å².